The van der Waals surface area contributed by atoms with Gasteiger partial charge in [0.15, 0.2) is 18.6 Å². The van der Waals surface area contributed by atoms with Crippen LogP contribution in [-0.2, 0) is 4.74 Å². The minimum atomic E-state index is -0.323. The van der Waals surface area contributed by atoms with Gasteiger partial charge in [0.2, 0.25) is 0 Å². The fourth-order valence-electron chi connectivity index (χ4n) is 0.900. The molecule has 0 bridgehead atoms. The van der Waals surface area contributed by atoms with Crippen molar-refractivity contribution >= 4 is 6.20 Å². The molecule has 0 saturated heterocycles. The van der Waals surface area contributed by atoms with E-state index >= 15 is 0 Å². The number of nitrogens with zero attached hydrogens (tertiary/aromatic N) is 1. The van der Waals surface area contributed by atoms with Gasteiger partial charge >= 0.3 is 0 Å². The van der Waals surface area contributed by atoms with Gasteiger partial charge in [-0.25, -0.2) is 0 Å². The highest BCUT2D eigenvalue weighted by Gasteiger charge is 1.93. The maximum absolute atomic E-state index is 11.0. The highest BCUT2D eigenvalue weighted by molar-refractivity contribution is 5.09. The van der Waals surface area contributed by atoms with Gasteiger partial charge in [0.05, 0.1) is 0 Å². The van der Waals surface area contributed by atoms with Crippen LogP contribution in [0.15, 0.2) is 30.5 Å². The minimum absolute atomic E-state index is 0.323. The molecular weight excluding hydrogens is 166 g/mol. The molecule has 3 nitrogen and oxygen atoms in total. The third kappa shape index (κ3) is 3.15. The van der Waals surface area contributed by atoms with E-state index in [2.05, 4.69) is 0 Å². The van der Waals surface area contributed by atoms with Crippen molar-refractivity contribution in [2.75, 3.05) is 6.61 Å². The van der Waals surface area contributed by atoms with Crippen molar-refractivity contribution in [1.82, 2.24) is 0 Å². The van der Waals surface area contributed by atoms with Gasteiger partial charge in [0.25, 0.3) is 0 Å². The van der Waals surface area contributed by atoms with Crippen molar-refractivity contribution in [1.29, 1.82) is 0 Å². The maximum atomic E-state index is 11.0. The Morgan fingerprint density at radius 1 is 1.54 bits per heavy atom. The Hall–Kier alpha value is -1.51. The normalized spacial score (nSPS) is 11.4. The average molecular weight is 179 g/mol. The standard InChI is InChI=1S/C10H13NO2/c1-3-13-10(12)8-11-6-4-9(2)5-7-11/h4-8H,3H2,1-2H3/b10-8+. The lowest BCUT2D eigenvalue weighted by atomic mass is 10.3. The van der Waals surface area contributed by atoms with E-state index in [-0.39, 0.29) is 5.95 Å². The van der Waals surface area contributed by atoms with Crippen molar-refractivity contribution in [3.63, 3.8) is 0 Å². The van der Waals surface area contributed by atoms with Gasteiger partial charge in [0, 0.05) is 12.1 Å². The predicted octanol–water partition coefficient (Wildman–Crippen LogP) is 0.435. The van der Waals surface area contributed by atoms with E-state index in [4.69, 9.17) is 4.74 Å². The van der Waals surface area contributed by atoms with Crippen molar-refractivity contribution in [2.24, 2.45) is 0 Å². The number of hydrogen-bond donors (Lipinski definition) is 0. The molecule has 1 aromatic rings. The topological polar surface area (TPSA) is 36.2 Å². The third-order valence-electron chi connectivity index (χ3n) is 1.56. The summed E-state index contributed by atoms with van der Waals surface area (Å²) < 4.78 is 6.43. The number of hydrogen-bond acceptors (Lipinski definition) is 2. The van der Waals surface area contributed by atoms with Gasteiger partial charge in [0.1, 0.15) is 5.95 Å². The SMILES string of the molecule is CCO/C([O-])=C/[n+]1ccc(C)cc1. The summed E-state index contributed by atoms with van der Waals surface area (Å²) in [5.41, 5.74) is 1.16. The van der Waals surface area contributed by atoms with Crippen LogP contribution < -0.4 is 9.67 Å². The van der Waals surface area contributed by atoms with Crippen molar-refractivity contribution in [3.8, 4) is 0 Å². The molecule has 0 unspecified atom stereocenters. The number of aromatic nitrogens is 1. The second kappa shape index (κ2) is 4.50. The van der Waals surface area contributed by atoms with Gasteiger partial charge in [-0.3, -0.25) is 0 Å². The summed E-state index contributed by atoms with van der Waals surface area (Å²) in [6.07, 6.45) is 5.03. The lowest BCUT2D eigenvalue weighted by molar-refractivity contribution is -0.575. The molecule has 0 aliphatic rings. The summed E-state index contributed by atoms with van der Waals surface area (Å²) in [5, 5.41) is 11.0. The van der Waals surface area contributed by atoms with Crippen molar-refractivity contribution < 1.29 is 14.4 Å². The number of aryl methyl sites for hydroxylation is 1. The first-order valence-electron chi connectivity index (χ1n) is 4.21. The van der Waals surface area contributed by atoms with Crippen LogP contribution in [-0.4, -0.2) is 6.61 Å². The van der Waals surface area contributed by atoms with Crippen LogP contribution in [0.5, 0.6) is 0 Å². The Kier molecular flexibility index (Phi) is 3.31. The van der Waals surface area contributed by atoms with Crippen LogP contribution in [0.4, 0.5) is 0 Å². The zero-order valence-corrected chi connectivity index (χ0v) is 7.86. The zero-order chi connectivity index (χ0) is 9.68. The largest absolute Gasteiger partial charge is 0.610 e. The molecule has 1 rings (SSSR count). The Morgan fingerprint density at radius 3 is 2.69 bits per heavy atom. The average Bonchev–Trinajstić information content (AvgIpc) is 2.09. The Labute approximate surface area is 77.9 Å². The van der Waals surface area contributed by atoms with E-state index in [9.17, 15) is 5.11 Å². The highest BCUT2D eigenvalue weighted by Crippen LogP contribution is 1.91. The third-order valence-corrected chi connectivity index (χ3v) is 1.56. The molecule has 0 aliphatic carbocycles. The number of rotatable bonds is 3. The fourth-order valence-corrected chi connectivity index (χ4v) is 0.900. The number of pyridine rings is 1. The monoisotopic (exact) mass is 179 g/mol. The van der Waals surface area contributed by atoms with Gasteiger partial charge in [-0.05, 0) is 19.1 Å². The van der Waals surface area contributed by atoms with E-state index < -0.39 is 0 Å². The van der Waals surface area contributed by atoms with Crippen LogP contribution in [0.1, 0.15) is 12.5 Å². The smallest absolute Gasteiger partial charge is 0.196 e. The molecule has 0 fully saturated rings. The van der Waals surface area contributed by atoms with Crippen LogP contribution in [0.3, 0.4) is 0 Å². The summed E-state index contributed by atoms with van der Waals surface area (Å²) in [4.78, 5) is 0. The molecule has 0 aromatic carbocycles. The van der Waals surface area contributed by atoms with Crippen LogP contribution in [0.25, 0.3) is 6.20 Å². The number of ether oxygens (including phenoxy) is 1. The minimum Gasteiger partial charge on any atom is -0.610 e. The summed E-state index contributed by atoms with van der Waals surface area (Å²) in [7, 11) is 0. The summed E-state index contributed by atoms with van der Waals surface area (Å²) in [5.74, 6) is -0.323. The summed E-state index contributed by atoms with van der Waals surface area (Å²) in [6.45, 7) is 4.18. The molecule has 0 saturated carbocycles. The molecule has 13 heavy (non-hydrogen) atoms. The molecule has 0 atom stereocenters. The summed E-state index contributed by atoms with van der Waals surface area (Å²) in [6, 6.07) is 3.85. The fraction of sp³-hybridized carbons (Fsp3) is 0.300. The van der Waals surface area contributed by atoms with Crippen LogP contribution in [0, 0.1) is 6.92 Å². The van der Waals surface area contributed by atoms with Crippen LogP contribution in [0.2, 0.25) is 0 Å². The Morgan fingerprint density at radius 2 is 2.15 bits per heavy atom. The molecule has 0 radical (unpaired) electrons. The quantitative estimate of drug-likeness (QED) is 0.498. The van der Waals surface area contributed by atoms with E-state index in [1.54, 1.807) is 11.5 Å². The van der Waals surface area contributed by atoms with Crippen molar-refractivity contribution in [2.45, 2.75) is 13.8 Å². The second-order valence-electron chi connectivity index (χ2n) is 2.70. The Balaban J connectivity index is 2.73. The first-order chi connectivity index (χ1) is 6.22. The highest BCUT2D eigenvalue weighted by atomic mass is 16.6. The summed E-state index contributed by atoms with van der Waals surface area (Å²) >= 11 is 0. The first-order valence-corrected chi connectivity index (χ1v) is 4.21. The van der Waals surface area contributed by atoms with Gasteiger partial charge in [-0.1, -0.05) is 6.92 Å². The van der Waals surface area contributed by atoms with E-state index in [1.807, 2.05) is 31.5 Å². The molecule has 3 heteroatoms. The second-order valence-corrected chi connectivity index (χ2v) is 2.70. The van der Waals surface area contributed by atoms with Gasteiger partial charge in [-0.15, -0.1) is 0 Å². The molecular formula is C10H13NO2. The lowest BCUT2D eigenvalue weighted by Crippen LogP contribution is -2.27. The van der Waals surface area contributed by atoms with Crippen LogP contribution >= 0.6 is 0 Å². The molecule has 0 amide bonds. The molecule has 0 aliphatic heterocycles. The van der Waals surface area contributed by atoms with E-state index in [0.29, 0.717) is 6.61 Å². The van der Waals surface area contributed by atoms with Gasteiger partial charge in [-0.2, -0.15) is 4.57 Å². The van der Waals surface area contributed by atoms with E-state index in [1.165, 1.54) is 6.20 Å². The molecule has 0 N–H and O–H groups in total. The molecule has 1 aromatic heterocycles. The lowest BCUT2D eigenvalue weighted by Gasteiger charge is -2.08. The maximum Gasteiger partial charge on any atom is 0.196 e. The zero-order valence-electron chi connectivity index (χ0n) is 7.86. The molecule has 70 valence electrons. The predicted molar refractivity (Wildman–Crippen MR) is 47.3 cm³/mol. The molecule has 0 spiro atoms. The van der Waals surface area contributed by atoms with Gasteiger partial charge < -0.3 is 9.84 Å². The first kappa shape index (κ1) is 9.58. The van der Waals surface area contributed by atoms with E-state index in [0.717, 1.165) is 5.56 Å². The van der Waals surface area contributed by atoms with Crippen molar-refractivity contribution in [3.05, 3.63) is 36.0 Å². The Bertz CT molecular complexity index is 290. The molecule has 1 heterocycles.